The normalized spacial score (nSPS) is 27.2. The van der Waals surface area contributed by atoms with Crippen LogP contribution < -0.4 is 4.31 Å². The molecule has 1 amide bonds. The molecule has 0 unspecified atom stereocenters. The Hall–Kier alpha value is -1.60. The molecule has 2 aliphatic heterocycles. The summed E-state index contributed by atoms with van der Waals surface area (Å²) >= 11 is 0. The lowest BCUT2D eigenvalue weighted by Crippen LogP contribution is -2.50. The molecular formula is C16H22N2O4S. The van der Waals surface area contributed by atoms with Crippen LogP contribution in [0.5, 0.6) is 0 Å². The molecule has 0 N–H and O–H groups in total. The van der Waals surface area contributed by atoms with Crippen molar-refractivity contribution in [3.8, 4) is 0 Å². The van der Waals surface area contributed by atoms with Gasteiger partial charge in [0.1, 0.15) is 0 Å². The van der Waals surface area contributed by atoms with Crippen molar-refractivity contribution in [2.45, 2.75) is 32.4 Å². The minimum absolute atomic E-state index is 0.0114. The summed E-state index contributed by atoms with van der Waals surface area (Å²) in [6.45, 7) is 5.45. The van der Waals surface area contributed by atoms with Crippen LogP contribution in [0, 0.1) is 0 Å². The van der Waals surface area contributed by atoms with Crippen LogP contribution in [-0.4, -0.2) is 56.8 Å². The van der Waals surface area contributed by atoms with E-state index in [1.54, 1.807) is 29.2 Å². The minimum Gasteiger partial charge on any atom is -0.375 e. The lowest BCUT2D eigenvalue weighted by Gasteiger charge is -2.37. The second-order valence-corrected chi connectivity index (χ2v) is 8.26. The van der Waals surface area contributed by atoms with Crippen molar-refractivity contribution in [3.63, 3.8) is 0 Å². The summed E-state index contributed by atoms with van der Waals surface area (Å²) in [5.41, 5.74) is 1.09. The lowest BCUT2D eigenvalue weighted by atomic mass is 10.1. The number of anilines is 1. The van der Waals surface area contributed by atoms with E-state index in [9.17, 15) is 13.2 Å². The molecule has 1 aromatic carbocycles. The summed E-state index contributed by atoms with van der Waals surface area (Å²) in [4.78, 5) is 14.6. The highest BCUT2D eigenvalue weighted by molar-refractivity contribution is 7.93. The Balaban J connectivity index is 1.86. The van der Waals surface area contributed by atoms with E-state index in [1.807, 2.05) is 13.8 Å². The van der Waals surface area contributed by atoms with E-state index in [-0.39, 0.29) is 23.8 Å². The predicted molar refractivity (Wildman–Crippen MR) is 88.1 cm³/mol. The van der Waals surface area contributed by atoms with Gasteiger partial charge in [-0.25, -0.2) is 8.42 Å². The predicted octanol–water partition coefficient (Wildman–Crippen LogP) is 1.48. The van der Waals surface area contributed by atoms with Gasteiger partial charge in [-0.05, 0) is 38.5 Å². The third kappa shape index (κ3) is 3.21. The molecular weight excluding hydrogens is 316 g/mol. The maximum Gasteiger partial charge on any atom is 0.254 e. The van der Waals surface area contributed by atoms with Crippen LogP contribution in [0.15, 0.2) is 24.3 Å². The number of rotatable bonds is 2. The van der Waals surface area contributed by atoms with Crippen molar-refractivity contribution in [3.05, 3.63) is 29.8 Å². The molecule has 0 aliphatic carbocycles. The van der Waals surface area contributed by atoms with Crippen molar-refractivity contribution in [1.29, 1.82) is 0 Å². The molecule has 0 radical (unpaired) electrons. The van der Waals surface area contributed by atoms with Crippen molar-refractivity contribution < 1.29 is 17.9 Å². The van der Waals surface area contributed by atoms with Gasteiger partial charge in [0.15, 0.2) is 0 Å². The average molecular weight is 338 g/mol. The number of carbonyl (C=O) groups is 1. The summed E-state index contributed by atoms with van der Waals surface area (Å²) in [6, 6.07) is 6.91. The zero-order valence-corrected chi connectivity index (χ0v) is 14.3. The molecule has 2 saturated heterocycles. The number of nitrogens with zero attached hydrogens (tertiary/aromatic N) is 2. The highest BCUT2D eigenvalue weighted by atomic mass is 32.2. The Morgan fingerprint density at radius 3 is 2.78 bits per heavy atom. The first-order valence-electron chi connectivity index (χ1n) is 7.91. The molecule has 2 fully saturated rings. The molecule has 0 saturated carbocycles. The van der Waals surface area contributed by atoms with Gasteiger partial charge in [-0.15, -0.1) is 0 Å². The van der Waals surface area contributed by atoms with Crippen molar-refractivity contribution in [2.75, 3.05) is 29.8 Å². The Bertz CT molecular complexity index is 704. The maximum atomic E-state index is 12.8. The second-order valence-electron chi connectivity index (χ2n) is 6.24. The monoisotopic (exact) mass is 338 g/mol. The van der Waals surface area contributed by atoms with Crippen LogP contribution in [0.4, 0.5) is 5.69 Å². The quantitative estimate of drug-likeness (QED) is 0.819. The van der Waals surface area contributed by atoms with Crippen molar-refractivity contribution >= 4 is 21.6 Å². The number of hydrogen-bond acceptors (Lipinski definition) is 4. The van der Waals surface area contributed by atoms with Crippen molar-refractivity contribution in [1.82, 2.24) is 4.90 Å². The SMILES string of the molecule is C[C@H]1CN(C(=O)c2cccc(N3CCCS3(=O)=O)c2)[C@@H](C)CO1. The lowest BCUT2D eigenvalue weighted by molar-refractivity contribution is -0.0387. The highest BCUT2D eigenvalue weighted by Gasteiger charge is 2.31. The molecule has 0 spiro atoms. The summed E-state index contributed by atoms with van der Waals surface area (Å²) in [5, 5.41) is 0. The third-order valence-electron chi connectivity index (χ3n) is 4.35. The van der Waals surface area contributed by atoms with Gasteiger partial charge in [-0.3, -0.25) is 9.10 Å². The fourth-order valence-electron chi connectivity index (χ4n) is 3.08. The molecule has 2 aliphatic rings. The van der Waals surface area contributed by atoms with Gasteiger partial charge in [-0.1, -0.05) is 6.07 Å². The summed E-state index contributed by atoms with van der Waals surface area (Å²) in [6.07, 6.45) is 0.635. The molecule has 0 bridgehead atoms. The average Bonchev–Trinajstić information content (AvgIpc) is 2.88. The van der Waals surface area contributed by atoms with Crippen LogP contribution in [0.25, 0.3) is 0 Å². The third-order valence-corrected chi connectivity index (χ3v) is 6.22. The van der Waals surface area contributed by atoms with Gasteiger partial charge in [-0.2, -0.15) is 0 Å². The zero-order valence-electron chi connectivity index (χ0n) is 13.4. The van der Waals surface area contributed by atoms with E-state index < -0.39 is 10.0 Å². The number of amides is 1. The number of carbonyl (C=O) groups excluding carboxylic acids is 1. The first-order valence-corrected chi connectivity index (χ1v) is 9.52. The smallest absolute Gasteiger partial charge is 0.254 e. The second kappa shape index (κ2) is 6.13. The van der Waals surface area contributed by atoms with E-state index in [0.717, 1.165) is 0 Å². The largest absolute Gasteiger partial charge is 0.375 e. The van der Waals surface area contributed by atoms with Crippen molar-refractivity contribution in [2.24, 2.45) is 0 Å². The van der Waals surface area contributed by atoms with Crippen LogP contribution in [-0.2, 0) is 14.8 Å². The van der Waals surface area contributed by atoms with Crippen LogP contribution >= 0.6 is 0 Å². The topological polar surface area (TPSA) is 66.9 Å². The fraction of sp³-hybridized carbons (Fsp3) is 0.562. The molecule has 0 aromatic heterocycles. The molecule has 23 heavy (non-hydrogen) atoms. The number of ether oxygens (including phenoxy) is 1. The van der Waals surface area contributed by atoms with Gasteiger partial charge < -0.3 is 9.64 Å². The van der Waals surface area contributed by atoms with E-state index in [2.05, 4.69) is 0 Å². The summed E-state index contributed by atoms with van der Waals surface area (Å²) in [5.74, 6) is 0.0921. The van der Waals surface area contributed by atoms with E-state index >= 15 is 0 Å². The molecule has 6 nitrogen and oxygen atoms in total. The number of benzene rings is 1. The summed E-state index contributed by atoms with van der Waals surface area (Å²) < 4.78 is 31.1. The molecule has 2 heterocycles. The Labute approximate surface area is 137 Å². The van der Waals surface area contributed by atoms with Crippen LogP contribution in [0.3, 0.4) is 0 Å². The Morgan fingerprint density at radius 2 is 2.09 bits per heavy atom. The number of sulfonamides is 1. The molecule has 2 atom stereocenters. The molecule has 3 rings (SSSR count). The number of morpholine rings is 1. The fourth-order valence-corrected chi connectivity index (χ4v) is 4.63. The van der Waals surface area contributed by atoms with E-state index in [4.69, 9.17) is 4.74 Å². The van der Waals surface area contributed by atoms with Gasteiger partial charge in [0.2, 0.25) is 10.0 Å². The zero-order chi connectivity index (χ0) is 16.6. The van der Waals surface area contributed by atoms with Gasteiger partial charge >= 0.3 is 0 Å². The Morgan fingerprint density at radius 1 is 1.30 bits per heavy atom. The van der Waals surface area contributed by atoms with E-state index in [0.29, 0.717) is 37.4 Å². The molecule has 1 aromatic rings. The van der Waals surface area contributed by atoms with Gasteiger partial charge in [0.05, 0.1) is 30.2 Å². The standard InChI is InChI=1S/C16H22N2O4S/c1-12-11-22-13(2)10-17(12)16(19)14-5-3-6-15(9-14)18-7-4-8-23(18,20)21/h3,5-6,9,12-13H,4,7-8,10-11H2,1-2H3/t12-,13-/m0/s1. The van der Waals surface area contributed by atoms with Gasteiger partial charge in [0, 0.05) is 18.7 Å². The maximum absolute atomic E-state index is 12.8. The molecule has 7 heteroatoms. The summed E-state index contributed by atoms with van der Waals surface area (Å²) in [7, 11) is -3.24. The molecule has 126 valence electrons. The van der Waals surface area contributed by atoms with Crippen LogP contribution in [0.1, 0.15) is 30.6 Å². The van der Waals surface area contributed by atoms with Gasteiger partial charge in [0.25, 0.3) is 5.91 Å². The van der Waals surface area contributed by atoms with Crippen LogP contribution in [0.2, 0.25) is 0 Å². The minimum atomic E-state index is -3.24. The number of hydrogen-bond donors (Lipinski definition) is 0. The first-order chi connectivity index (χ1) is 10.9. The highest BCUT2D eigenvalue weighted by Crippen LogP contribution is 2.26. The Kier molecular flexibility index (Phi) is 4.33. The first kappa shape index (κ1) is 16.3. The van der Waals surface area contributed by atoms with E-state index in [1.165, 1.54) is 4.31 Å².